The van der Waals surface area contributed by atoms with Crippen LogP contribution in [0.1, 0.15) is 51.0 Å². The second kappa shape index (κ2) is 9.22. The highest BCUT2D eigenvalue weighted by atomic mass is 15.1. The van der Waals surface area contributed by atoms with Gasteiger partial charge in [-0.2, -0.15) is 0 Å². The molecule has 2 heteroatoms. The molecule has 1 aromatic rings. The first-order chi connectivity index (χ1) is 10.3. The molecule has 1 aliphatic carbocycles. The van der Waals surface area contributed by atoms with Crippen LogP contribution in [0.15, 0.2) is 30.3 Å². The lowest BCUT2D eigenvalue weighted by Crippen LogP contribution is -2.39. The summed E-state index contributed by atoms with van der Waals surface area (Å²) in [4.78, 5) is 2.43. The molecule has 2 atom stereocenters. The van der Waals surface area contributed by atoms with Gasteiger partial charge in [0.25, 0.3) is 0 Å². The molecule has 2 unspecified atom stereocenters. The van der Waals surface area contributed by atoms with Crippen LogP contribution in [0.4, 0.5) is 0 Å². The number of nitrogens with one attached hydrogen (secondary N) is 1. The lowest BCUT2D eigenvalue weighted by molar-refractivity contribution is 0.248. The van der Waals surface area contributed by atoms with Crippen LogP contribution in [0.5, 0.6) is 0 Å². The van der Waals surface area contributed by atoms with E-state index in [4.69, 9.17) is 0 Å². The van der Waals surface area contributed by atoms with Crippen molar-refractivity contribution >= 4 is 0 Å². The van der Waals surface area contributed by atoms with Gasteiger partial charge in [0, 0.05) is 12.6 Å². The number of hydrogen-bond acceptors (Lipinski definition) is 2. The van der Waals surface area contributed by atoms with Crippen molar-refractivity contribution in [3.8, 4) is 0 Å². The van der Waals surface area contributed by atoms with E-state index in [1.54, 1.807) is 0 Å². The minimum Gasteiger partial charge on any atom is -0.314 e. The van der Waals surface area contributed by atoms with E-state index in [-0.39, 0.29) is 0 Å². The lowest BCUT2D eigenvalue weighted by atomic mass is 9.83. The second-order valence-corrected chi connectivity index (χ2v) is 6.59. The van der Waals surface area contributed by atoms with Crippen LogP contribution in [-0.4, -0.2) is 31.1 Å². The lowest BCUT2D eigenvalue weighted by Gasteiger charge is -2.32. The SMILES string of the molecule is CCC1CCCCC1NCCCN(C)Cc1ccccc1. The van der Waals surface area contributed by atoms with Gasteiger partial charge in [0.2, 0.25) is 0 Å². The first-order valence-electron chi connectivity index (χ1n) is 8.75. The van der Waals surface area contributed by atoms with Crippen molar-refractivity contribution in [3.05, 3.63) is 35.9 Å². The minimum atomic E-state index is 0.781. The number of benzene rings is 1. The highest BCUT2D eigenvalue weighted by molar-refractivity contribution is 5.14. The average molecular weight is 288 g/mol. The van der Waals surface area contributed by atoms with Crippen molar-refractivity contribution in [1.82, 2.24) is 10.2 Å². The van der Waals surface area contributed by atoms with Crippen molar-refractivity contribution in [2.75, 3.05) is 20.1 Å². The Morgan fingerprint density at radius 1 is 1.14 bits per heavy atom. The maximum Gasteiger partial charge on any atom is 0.0230 e. The molecular formula is C19H32N2. The molecule has 0 aromatic heterocycles. The molecule has 0 amide bonds. The molecule has 2 rings (SSSR count). The quantitative estimate of drug-likeness (QED) is 0.726. The molecule has 118 valence electrons. The molecule has 0 heterocycles. The average Bonchev–Trinajstić information content (AvgIpc) is 2.53. The van der Waals surface area contributed by atoms with E-state index >= 15 is 0 Å². The molecule has 0 radical (unpaired) electrons. The van der Waals surface area contributed by atoms with Gasteiger partial charge in [0.15, 0.2) is 0 Å². The third-order valence-electron chi connectivity index (χ3n) is 4.85. The molecule has 2 nitrogen and oxygen atoms in total. The molecule has 0 spiro atoms. The van der Waals surface area contributed by atoms with Gasteiger partial charge in [-0.25, -0.2) is 0 Å². The van der Waals surface area contributed by atoms with Crippen LogP contribution >= 0.6 is 0 Å². The fraction of sp³-hybridized carbons (Fsp3) is 0.684. The Labute approximate surface area is 130 Å². The van der Waals surface area contributed by atoms with Crippen LogP contribution < -0.4 is 5.32 Å². The molecule has 1 saturated carbocycles. The van der Waals surface area contributed by atoms with Crippen molar-refractivity contribution in [2.24, 2.45) is 5.92 Å². The first kappa shape index (κ1) is 16.5. The van der Waals surface area contributed by atoms with Gasteiger partial charge in [-0.05, 0) is 50.9 Å². The third-order valence-corrected chi connectivity index (χ3v) is 4.85. The van der Waals surface area contributed by atoms with Gasteiger partial charge in [-0.3, -0.25) is 0 Å². The van der Waals surface area contributed by atoms with Gasteiger partial charge >= 0.3 is 0 Å². The normalized spacial score (nSPS) is 22.6. The van der Waals surface area contributed by atoms with Crippen molar-refractivity contribution in [3.63, 3.8) is 0 Å². The van der Waals surface area contributed by atoms with Gasteiger partial charge in [0.1, 0.15) is 0 Å². The van der Waals surface area contributed by atoms with E-state index in [1.807, 2.05) is 0 Å². The molecule has 0 bridgehead atoms. The molecule has 1 aromatic carbocycles. The summed E-state index contributed by atoms with van der Waals surface area (Å²) in [5.74, 6) is 0.917. The number of hydrogen-bond donors (Lipinski definition) is 1. The summed E-state index contributed by atoms with van der Waals surface area (Å²) >= 11 is 0. The Bertz CT molecular complexity index is 376. The fourth-order valence-electron chi connectivity index (χ4n) is 3.58. The van der Waals surface area contributed by atoms with Crippen LogP contribution in [0.25, 0.3) is 0 Å². The summed E-state index contributed by atoms with van der Waals surface area (Å²) in [6.45, 7) is 5.74. The topological polar surface area (TPSA) is 15.3 Å². The van der Waals surface area contributed by atoms with Gasteiger partial charge in [-0.1, -0.05) is 56.5 Å². The molecule has 0 aliphatic heterocycles. The van der Waals surface area contributed by atoms with E-state index in [9.17, 15) is 0 Å². The molecular weight excluding hydrogens is 256 g/mol. The number of rotatable bonds is 8. The zero-order chi connectivity index (χ0) is 14.9. The maximum absolute atomic E-state index is 3.82. The highest BCUT2D eigenvalue weighted by Crippen LogP contribution is 2.26. The molecule has 0 saturated heterocycles. The predicted octanol–water partition coefficient (Wildman–Crippen LogP) is 4.07. The van der Waals surface area contributed by atoms with E-state index in [0.29, 0.717) is 0 Å². The van der Waals surface area contributed by atoms with Gasteiger partial charge in [0.05, 0.1) is 0 Å². The maximum atomic E-state index is 3.82. The van der Waals surface area contributed by atoms with E-state index in [2.05, 4.69) is 54.5 Å². The van der Waals surface area contributed by atoms with Crippen LogP contribution in [-0.2, 0) is 6.54 Å². The van der Waals surface area contributed by atoms with Gasteiger partial charge < -0.3 is 10.2 Å². The van der Waals surface area contributed by atoms with Crippen molar-refractivity contribution in [2.45, 2.75) is 58.0 Å². The first-order valence-corrected chi connectivity index (χ1v) is 8.75. The fourth-order valence-corrected chi connectivity index (χ4v) is 3.58. The summed E-state index contributed by atoms with van der Waals surface area (Å²) in [7, 11) is 2.22. The predicted molar refractivity (Wildman–Crippen MR) is 91.4 cm³/mol. The third kappa shape index (κ3) is 5.80. The van der Waals surface area contributed by atoms with E-state index < -0.39 is 0 Å². The number of nitrogens with zero attached hydrogens (tertiary/aromatic N) is 1. The summed E-state index contributed by atoms with van der Waals surface area (Å²) < 4.78 is 0. The molecule has 1 aliphatic rings. The zero-order valence-electron chi connectivity index (χ0n) is 13.9. The Kier molecular flexibility index (Phi) is 7.25. The minimum absolute atomic E-state index is 0.781. The Morgan fingerprint density at radius 2 is 1.90 bits per heavy atom. The second-order valence-electron chi connectivity index (χ2n) is 6.59. The zero-order valence-corrected chi connectivity index (χ0v) is 13.9. The van der Waals surface area contributed by atoms with E-state index in [0.717, 1.165) is 18.5 Å². The highest BCUT2D eigenvalue weighted by Gasteiger charge is 2.22. The Hall–Kier alpha value is -0.860. The standard InChI is InChI=1S/C19H32N2/c1-3-18-12-7-8-13-19(18)20-14-9-15-21(2)16-17-10-5-4-6-11-17/h4-6,10-11,18-20H,3,7-9,12-16H2,1-2H3. The summed E-state index contributed by atoms with van der Waals surface area (Å²) in [6, 6.07) is 11.5. The largest absolute Gasteiger partial charge is 0.314 e. The monoisotopic (exact) mass is 288 g/mol. The summed E-state index contributed by atoms with van der Waals surface area (Å²) in [5.41, 5.74) is 1.41. The van der Waals surface area contributed by atoms with Crippen LogP contribution in [0, 0.1) is 5.92 Å². The Balaban J connectivity index is 1.60. The molecule has 21 heavy (non-hydrogen) atoms. The molecule has 1 N–H and O–H groups in total. The van der Waals surface area contributed by atoms with E-state index in [1.165, 1.54) is 57.2 Å². The summed E-state index contributed by atoms with van der Waals surface area (Å²) in [5, 5.41) is 3.82. The van der Waals surface area contributed by atoms with Crippen molar-refractivity contribution < 1.29 is 0 Å². The van der Waals surface area contributed by atoms with Crippen LogP contribution in [0.2, 0.25) is 0 Å². The van der Waals surface area contributed by atoms with Gasteiger partial charge in [-0.15, -0.1) is 0 Å². The van der Waals surface area contributed by atoms with Crippen molar-refractivity contribution in [1.29, 1.82) is 0 Å². The molecule has 1 fully saturated rings. The Morgan fingerprint density at radius 3 is 2.67 bits per heavy atom. The van der Waals surface area contributed by atoms with Crippen LogP contribution in [0.3, 0.4) is 0 Å². The summed E-state index contributed by atoms with van der Waals surface area (Å²) in [6.07, 6.45) is 8.26. The smallest absolute Gasteiger partial charge is 0.0230 e.